The highest BCUT2D eigenvalue weighted by Crippen LogP contribution is 2.25. The van der Waals surface area contributed by atoms with Gasteiger partial charge in [-0.05, 0) is 33.1 Å². The second-order valence-electron chi connectivity index (χ2n) is 8.02. The van der Waals surface area contributed by atoms with Gasteiger partial charge in [-0.1, -0.05) is 0 Å². The first kappa shape index (κ1) is 22.6. The minimum absolute atomic E-state index is 0.00390. The minimum Gasteiger partial charge on any atom is -0.381 e. The summed E-state index contributed by atoms with van der Waals surface area (Å²) in [6.45, 7) is 7.67. The van der Waals surface area contributed by atoms with E-state index >= 15 is 0 Å². The van der Waals surface area contributed by atoms with Gasteiger partial charge in [-0.3, -0.25) is 9.69 Å². The number of carbonyl (C=O) groups is 1. The molecule has 2 fully saturated rings. The zero-order chi connectivity index (χ0) is 21.2. The Morgan fingerprint density at radius 3 is 2.45 bits per heavy atom. The molecule has 1 unspecified atom stereocenters. The zero-order valence-corrected chi connectivity index (χ0v) is 19.4. The van der Waals surface area contributed by atoms with Crippen LogP contribution in [0.2, 0.25) is 0 Å². The Morgan fingerprint density at radius 2 is 1.90 bits per heavy atom. The van der Waals surface area contributed by atoms with Gasteiger partial charge in [0.2, 0.25) is 10.0 Å². The summed E-state index contributed by atoms with van der Waals surface area (Å²) in [6, 6.07) is 0.549. The number of hydrogen-bond donors (Lipinski definition) is 0. The molecule has 0 N–H and O–H groups in total. The van der Waals surface area contributed by atoms with Crippen LogP contribution in [0.4, 0.5) is 0 Å². The molecule has 3 heterocycles. The predicted octanol–water partition coefficient (Wildman–Crippen LogP) is 1.35. The molecule has 1 amide bonds. The maximum absolute atomic E-state index is 12.8. The van der Waals surface area contributed by atoms with Crippen LogP contribution in [0.5, 0.6) is 0 Å². The van der Waals surface area contributed by atoms with Crippen LogP contribution in [0.15, 0.2) is 0 Å². The predicted molar refractivity (Wildman–Crippen MR) is 114 cm³/mol. The fourth-order valence-electron chi connectivity index (χ4n) is 4.23. The molecule has 0 aliphatic carbocycles. The monoisotopic (exact) mass is 444 g/mol. The summed E-state index contributed by atoms with van der Waals surface area (Å²) in [4.78, 5) is 22.1. The van der Waals surface area contributed by atoms with E-state index in [1.807, 2.05) is 20.9 Å². The molecule has 2 saturated heterocycles. The van der Waals surface area contributed by atoms with Crippen molar-refractivity contribution in [1.82, 2.24) is 19.1 Å². The fraction of sp³-hybridized carbons (Fsp3) is 0.789. The van der Waals surface area contributed by atoms with Crippen LogP contribution < -0.4 is 0 Å². The van der Waals surface area contributed by atoms with Gasteiger partial charge in [0.1, 0.15) is 4.88 Å². The number of likely N-dealkylation sites (N-methyl/N-ethyl adjacent to an activating group) is 1. The first-order chi connectivity index (χ1) is 13.7. The Balaban J connectivity index is 1.67. The quantitative estimate of drug-likeness (QED) is 0.631. The molecule has 2 aliphatic rings. The van der Waals surface area contributed by atoms with Gasteiger partial charge < -0.3 is 9.64 Å². The number of nitrogens with zero attached hydrogens (tertiary/aromatic N) is 4. The lowest BCUT2D eigenvalue weighted by Gasteiger charge is -2.39. The van der Waals surface area contributed by atoms with Gasteiger partial charge in [-0.2, -0.15) is 0 Å². The number of thiazole rings is 1. The molecule has 0 bridgehead atoms. The summed E-state index contributed by atoms with van der Waals surface area (Å²) in [5.74, 6) is 0.00390. The molecule has 2 aliphatic heterocycles. The van der Waals surface area contributed by atoms with Crippen molar-refractivity contribution in [2.45, 2.75) is 45.2 Å². The van der Waals surface area contributed by atoms with Gasteiger partial charge in [0.25, 0.3) is 5.91 Å². The van der Waals surface area contributed by atoms with Crippen LogP contribution >= 0.6 is 11.3 Å². The van der Waals surface area contributed by atoms with Crippen molar-refractivity contribution in [3.05, 3.63) is 15.6 Å². The van der Waals surface area contributed by atoms with Gasteiger partial charge in [0, 0.05) is 58.5 Å². The molecular weight excluding hydrogens is 412 g/mol. The van der Waals surface area contributed by atoms with Gasteiger partial charge in [0.05, 0.1) is 17.0 Å². The van der Waals surface area contributed by atoms with Crippen molar-refractivity contribution in [3.63, 3.8) is 0 Å². The highest BCUT2D eigenvalue weighted by Gasteiger charge is 2.36. The van der Waals surface area contributed by atoms with Crippen molar-refractivity contribution in [3.8, 4) is 0 Å². The number of rotatable bonds is 7. The van der Waals surface area contributed by atoms with Crippen molar-refractivity contribution in [2.24, 2.45) is 0 Å². The number of aryl methyl sites for hydroxylation is 2. The molecule has 3 rings (SSSR count). The van der Waals surface area contributed by atoms with Gasteiger partial charge in [-0.25, -0.2) is 17.7 Å². The lowest BCUT2D eigenvalue weighted by molar-refractivity contribution is 0.0158. The van der Waals surface area contributed by atoms with Crippen LogP contribution in [0.1, 0.15) is 39.6 Å². The molecule has 164 valence electrons. The van der Waals surface area contributed by atoms with E-state index in [0.717, 1.165) is 49.7 Å². The number of hydrogen-bond acceptors (Lipinski definition) is 7. The second-order valence-corrected chi connectivity index (χ2v) is 11.2. The minimum atomic E-state index is -3.17. The van der Waals surface area contributed by atoms with E-state index < -0.39 is 10.0 Å². The second kappa shape index (κ2) is 9.38. The van der Waals surface area contributed by atoms with Crippen LogP contribution in [0.25, 0.3) is 0 Å². The average Bonchev–Trinajstić information content (AvgIpc) is 3.28. The van der Waals surface area contributed by atoms with Crippen LogP contribution in [0, 0.1) is 13.8 Å². The summed E-state index contributed by atoms with van der Waals surface area (Å²) < 4.78 is 31.0. The van der Waals surface area contributed by atoms with E-state index in [2.05, 4.69) is 9.88 Å². The molecule has 1 atom stereocenters. The number of aromatic nitrogens is 1. The highest BCUT2D eigenvalue weighted by molar-refractivity contribution is 7.88. The Labute approximate surface area is 177 Å². The third-order valence-electron chi connectivity index (χ3n) is 5.86. The van der Waals surface area contributed by atoms with E-state index in [0.29, 0.717) is 30.6 Å². The van der Waals surface area contributed by atoms with E-state index in [9.17, 15) is 13.2 Å². The van der Waals surface area contributed by atoms with Crippen LogP contribution in [0.3, 0.4) is 0 Å². The summed E-state index contributed by atoms with van der Waals surface area (Å²) in [5.41, 5.74) is 0.783. The molecule has 29 heavy (non-hydrogen) atoms. The Kier molecular flexibility index (Phi) is 7.32. The van der Waals surface area contributed by atoms with Crippen LogP contribution in [-0.4, -0.2) is 98.2 Å². The molecule has 10 heteroatoms. The lowest BCUT2D eigenvalue weighted by Crippen LogP contribution is -2.50. The standard InChI is InChI=1S/C19H32N4O4S2/c1-14-18(28-15(2)20-14)19(24)21(3)9-10-23(16-6-11-27-12-7-16)17-5-8-22(13-17)29(4,25)26/h16-17H,5-13H2,1-4H3. The molecule has 0 saturated carbocycles. The van der Waals surface area contributed by atoms with Gasteiger partial charge in [-0.15, -0.1) is 11.3 Å². The van der Waals surface area contributed by atoms with Crippen molar-refractivity contribution in [1.29, 1.82) is 0 Å². The van der Waals surface area contributed by atoms with E-state index in [4.69, 9.17) is 4.74 Å². The SMILES string of the molecule is Cc1nc(C)c(C(=O)N(C)CCN(C2CCOCC2)C2CCN(S(C)(=O)=O)C2)s1. The number of sulfonamides is 1. The van der Waals surface area contributed by atoms with E-state index in [1.165, 1.54) is 17.6 Å². The smallest absolute Gasteiger partial charge is 0.265 e. The van der Waals surface area contributed by atoms with E-state index in [-0.39, 0.29) is 11.9 Å². The first-order valence-corrected chi connectivity index (χ1v) is 12.8. The topological polar surface area (TPSA) is 83.1 Å². The first-order valence-electron chi connectivity index (χ1n) is 10.1. The lowest BCUT2D eigenvalue weighted by atomic mass is 10.0. The average molecular weight is 445 g/mol. The maximum atomic E-state index is 12.8. The summed E-state index contributed by atoms with van der Waals surface area (Å²) in [6.07, 6.45) is 4.00. The molecule has 1 aromatic rings. The molecule has 0 spiro atoms. The Hall–Kier alpha value is -1.07. The largest absolute Gasteiger partial charge is 0.381 e. The normalized spacial score (nSPS) is 21.8. The molecular formula is C19H32N4O4S2. The zero-order valence-electron chi connectivity index (χ0n) is 17.8. The highest BCUT2D eigenvalue weighted by atomic mass is 32.2. The van der Waals surface area contributed by atoms with Crippen molar-refractivity contribution >= 4 is 27.3 Å². The number of amides is 1. The fourth-order valence-corrected chi connectivity index (χ4v) is 6.03. The molecule has 0 aromatic carbocycles. The molecule has 0 radical (unpaired) electrons. The van der Waals surface area contributed by atoms with Crippen LogP contribution in [-0.2, 0) is 14.8 Å². The van der Waals surface area contributed by atoms with Crippen molar-refractivity contribution in [2.75, 3.05) is 52.7 Å². The summed E-state index contributed by atoms with van der Waals surface area (Å²) >= 11 is 1.44. The Bertz CT molecular complexity index is 820. The van der Waals surface area contributed by atoms with Gasteiger partial charge >= 0.3 is 0 Å². The Morgan fingerprint density at radius 1 is 1.21 bits per heavy atom. The molecule has 1 aromatic heterocycles. The van der Waals surface area contributed by atoms with Crippen molar-refractivity contribution < 1.29 is 17.9 Å². The van der Waals surface area contributed by atoms with Gasteiger partial charge in [0.15, 0.2) is 0 Å². The maximum Gasteiger partial charge on any atom is 0.265 e. The summed E-state index contributed by atoms with van der Waals surface area (Å²) in [5, 5.41) is 0.898. The number of ether oxygens (including phenoxy) is 1. The third-order valence-corrected chi connectivity index (χ3v) is 8.19. The summed E-state index contributed by atoms with van der Waals surface area (Å²) in [7, 11) is -1.34. The third kappa shape index (κ3) is 5.55. The number of carbonyl (C=O) groups excluding carboxylic acids is 1. The van der Waals surface area contributed by atoms with E-state index in [1.54, 1.807) is 9.21 Å². The molecule has 8 nitrogen and oxygen atoms in total.